The first-order valence-corrected chi connectivity index (χ1v) is 19.7. The van der Waals surface area contributed by atoms with E-state index in [-0.39, 0.29) is 22.3 Å². The molecule has 1 saturated heterocycles. The number of esters is 4. The maximum atomic E-state index is 14.0. The molecule has 1 heterocycles. The molecule has 11 heteroatoms. The molecule has 0 radical (unpaired) electrons. The lowest BCUT2D eigenvalue weighted by Gasteiger charge is -2.46. The summed E-state index contributed by atoms with van der Waals surface area (Å²) >= 11 is 0. The van der Waals surface area contributed by atoms with Crippen molar-refractivity contribution in [3.8, 4) is 0 Å². The van der Waals surface area contributed by atoms with Gasteiger partial charge in [-0.1, -0.05) is 104 Å². The van der Waals surface area contributed by atoms with Gasteiger partial charge in [0.2, 0.25) is 0 Å². The molecule has 1 aliphatic heterocycles. The molecule has 6 atom stereocenters. The second kappa shape index (κ2) is 20.0. The van der Waals surface area contributed by atoms with E-state index >= 15 is 0 Å². The number of allylic oxidation sites excluding steroid dienone is 5. The molecule has 4 aromatic rings. The Bertz CT molecular complexity index is 2210. The molecule has 1 unspecified atom stereocenters. The molecule has 6 rings (SSSR count). The SMILES string of the molecule is CC1=C(/C=C/C(C)=C/C=O)C(C)(C)CC(O[C@H]2O[C@H](COC(=O)c3ccccc3)[C@@H](OC(=O)c3ccccc3)[C@H](OC(=O)c3ccccc3)[C@H]2OC(=O)c2ccccc2)C1. The number of hydrogen-bond acceptors (Lipinski definition) is 11. The van der Waals surface area contributed by atoms with Crippen LogP contribution in [-0.2, 0) is 33.2 Å². The van der Waals surface area contributed by atoms with Crippen LogP contribution in [0.1, 0.15) is 82.0 Å². The second-order valence-corrected chi connectivity index (χ2v) is 15.3. The molecule has 11 nitrogen and oxygen atoms in total. The van der Waals surface area contributed by atoms with Crippen molar-refractivity contribution in [1.82, 2.24) is 0 Å². The summed E-state index contributed by atoms with van der Waals surface area (Å²) in [7, 11) is 0. The standard InChI is InChI=1S/C49H48O11/c1-32(27-28-50)25-26-39-33(2)29-38(30-49(39,3)4)56-48-43(60-47(54)37-23-15-8-16-24-37)42(59-46(53)36-21-13-7-14-22-36)41(58-45(52)35-19-11-6-12-20-35)40(57-48)31-55-44(51)34-17-9-5-10-18-34/h5-28,38,40-43,48H,29-31H2,1-4H3/b26-25+,32-27+/t38?,40-,41-,42+,43-,48+/m1/s1. The summed E-state index contributed by atoms with van der Waals surface area (Å²) in [4.78, 5) is 66.1. The van der Waals surface area contributed by atoms with Gasteiger partial charge >= 0.3 is 23.9 Å². The van der Waals surface area contributed by atoms with Crippen molar-refractivity contribution in [1.29, 1.82) is 0 Å². The van der Waals surface area contributed by atoms with Crippen LogP contribution in [0.5, 0.6) is 0 Å². The molecule has 0 spiro atoms. The molecule has 4 aromatic carbocycles. The van der Waals surface area contributed by atoms with Crippen LogP contribution in [0.25, 0.3) is 0 Å². The van der Waals surface area contributed by atoms with Crippen molar-refractivity contribution >= 4 is 30.2 Å². The Morgan fingerprint density at radius 1 is 0.667 bits per heavy atom. The lowest BCUT2D eigenvalue weighted by Crippen LogP contribution is -2.63. The third-order valence-electron chi connectivity index (χ3n) is 10.4. The predicted octanol–water partition coefficient (Wildman–Crippen LogP) is 8.47. The zero-order chi connectivity index (χ0) is 42.6. The van der Waals surface area contributed by atoms with Crippen molar-refractivity contribution in [2.24, 2.45) is 5.41 Å². The first kappa shape index (κ1) is 43.2. The normalized spacial score (nSPS) is 22.7. The van der Waals surface area contributed by atoms with Crippen LogP contribution in [0.2, 0.25) is 0 Å². The molecule has 0 bridgehead atoms. The molecule has 0 N–H and O–H groups in total. The van der Waals surface area contributed by atoms with E-state index in [9.17, 15) is 24.0 Å². The van der Waals surface area contributed by atoms with E-state index in [4.69, 9.17) is 28.4 Å². The highest BCUT2D eigenvalue weighted by molar-refractivity contribution is 5.91. The Balaban J connectivity index is 1.42. The highest BCUT2D eigenvalue weighted by Gasteiger charge is 2.54. The first-order valence-electron chi connectivity index (χ1n) is 19.7. The summed E-state index contributed by atoms with van der Waals surface area (Å²) in [5, 5.41) is 0. The molecular weight excluding hydrogens is 765 g/mol. The Morgan fingerprint density at radius 3 is 1.58 bits per heavy atom. The van der Waals surface area contributed by atoms with Gasteiger partial charge in [0.25, 0.3) is 0 Å². The fraction of sp³-hybridized carbons (Fsp3) is 0.286. The van der Waals surface area contributed by atoms with Gasteiger partial charge in [0, 0.05) is 0 Å². The van der Waals surface area contributed by atoms with E-state index in [2.05, 4.69) is 13.8 Å². The fourth-order valence-corrected chi connectivity index (χ4v) is 7.45. The van der Waals surface area contributed by atoms with Crippen molar-refractivity contribution in [3.05, 3.63) is 179 Å². The van der Waals surface area contributed by atoms with E-state index in [0.29, 0.717) is 12.8 Å². The van der Waals surface area contributed by atoms with Crippen LogP contribution < -0.4 is 0 Å². The van der Waals surface area contributed by atoms with Crippen molar-refractivity contribution in [2.75, 3.05) is 6.61 Å². The minimum absolute atomic E-state index is 0.184. The van der Waals surface area contributed by atoms with Crippen molar-refractivity contribution < 1.29 is 52.4 Å². The van der Waals surface area contributed by atoms with Crippen LogP contribution in [0, 0.1) is 5.41 Å². The largest absolute Gasteiger partial charge is 0.459 e. The summed E-state index contributed by atoms with van der Waals surface area (Å²) < 4.78 is 37.8. The number of rotatable bonds is 14. The molecule has 0 amide bonds. The number of carbonyl (C=O) groups excluding carboxylic acids is 5. The lowest BCUT2D eigenvalue weighted by molar-refractivity contribution is -0.310. The average Bonchev–Trinajstić information content (AvgIpc) is 3.25. The summed E-state index contributed by atoms with van der Waals surface area (Å²) in [5.74, 6) is -3.03. The van der Waals surface area contributed by atoms with Crippen LogP contribution in [0.3, 0.4) is 0 Å². The van der Waals surface area contributed by atoms with Crippen LogP contribution in [-0.4, -0.2) is 73.6 Å². The molecule has 1 aliphatic carbocycles. The van der Waals surface area contributed by atoms with Crippen molar-refractivity contribution in [3.63, 3.8) is 0 Å². The second-order valence-electron chi connectivity index (χ2n) is 15.3. The van der Waals surface area contributed by atoms with Gasteiger partial charge in [-0.2, -0.15) is 0 Å². The monoisotopic (exact) mass is 812 g/mol. The Kier molecular flexibility index (Phi) is 14.4. The number of ether oxygens (including phenoxy) is 6. The van der Waals surface area contributed by atoms with Crippen LogP contribution in [0.15, 0.2) is 156 Å². The molecule has 2 aliphatic rings. The van der Waals surface area contributed by atoms with Gasteiger partial charge in [-0.25, -0.2) is 19.2 Å². The molecular formula is C49H48O11. The highest BCUT2D eigenvalue weighted by atomic mass is 16.7. The minimum atomic E-state index is -1.53. The smallest absolute Gasteiger partial charge is 0.338 e. The maximum absolute atomic E-state index is 14.0. The van der Waals surface area contributed by atoms with Gasteiger partial charge in [0.15, 0.2) is 24.6 Å². The Morgan fingerprint density at radius 2 is 1.12 bits per heavy atom. The summed E-state index contributed by atoms with van der Waals surface area (Å²) in [6, 6.07) is 33.0. The number of benzene rings is 4. The van der Waals surface area contributed by atoms with E-state index in [1.54, 1.807) is 121 Å². The van der Waals surface area contributed by atoms with Crippen LogP contribution in [0.4, 0.5) is 0 Å². The molecule has 60 heavy (non-hydrogen) atoms. The van der Waals surface area contributed by atoms with Gasteiger partial charge < -0.3 is 28.4 Å². The summed E-state index contributed by atoms with van der Waals surface area (Å²) in [6.07, 6.45) is -0.632. The third-order valence-corrected chi connectivity index (χ3v) is 10.4. The van der Waals surface area contributed by atoms with Gasteiger partial charge in [-0.3, -0.25) is 4.79 Å². The summed E-state index contributed by atoms with van der Waals surface area (Å²) in [6.45, 7) is 7.54. The maximum Gasteiger partial charge on any atom is 0.338 e. The number of carbonyl (C=O) groups is 5. The predicted molar refractivity (Wildman–Crippen MR) is 222 cm³/mol. The molecule has 0 saturated carbocycles. The van der Waals surface area contributed by atoms with Crippen LogP contribution >= 0.6 is 0 Å². The number of hydrogen-bond donors (Lipinski definition) is 0. The lowest BCUT2D eigenvalue weighted by atomic mass is 9.71. The topological polar surface area (TPSA) is 141 Å². The van der Waals surface area contributed by atoms with Gasteiger partial charge in [-0.15, -0.1) is 0 Å². The summed E-state index contributed by atoms with van der Waals surface area (Å²) in [5.41, 5.74) is 3.33. The minimum Gasteiger partial charge on any atom is -0.459 e. The average molecular weight is 813 g/mol. The Hall–Kier alpha value is -6.43. The highest BCUT2D eigenvalue weighted by Crippen LogP contribution is 2.43. The third kappa shape index (κ3) is 11.0. The molecule has 310 valence electrons. The van der Waals surface area contributed by atoms with E-state index in [0.717, 1.165) is 23.0 Å². The fourth-order valence-electron chi connectivity index (χ4n) is 7.45. The zero-order valence-corrected chi connectivity index (χ0v) is 33.9. The quantitative estimate of drug-likeness (QED) is 0.0398. The van der Waals surface area contributed by atoms with E-state index in [1.807, 2.05) is 26.0 Å². The zero-order valence-electron chi connectivity index (χ0n) is 33.9. The van der Waals surface area contributed by atoms with Gasteiger partial charge in [-0.05, 0) is 97.9 Å². The molecule has 0 aromatic heterocycles. The molecule has 1 fully saturated rings. The van der Waals surface area contributed by atoms with Gasteiger partial charge in [0.05, 0.1) is 28.4 Å². The van der Waals surface area contributed by atoms with Crippen molar-refractivity contribution in [2.45, 2.75) is 77.3 Å². The first-order chi connectivity index (χ1) is 28.9. The van der Waals surface area contributed by atoms with E-state index < -0.39 is 72.7 Å². The Labute approximate surface area is 349 Å². The van der Waals surface area contributed by atoms with E-state index in [1.165, 1.54) is 6.08 Å². The number of aldehydes is 1. The van der Waals surface area contributed by atoms with Gasteiger partial charge in [0.1, 0.15) is 19.0 Å².